The Bertz CT molecular complexity index is 353. The summed E-state index contributed by atoms with van der Waals surface area (Å²) in [6, 6.07) is 0. The molecule has 0 aromatic carbocycles. The average Bonchev–Trinajstić information content (AvgIpc) is 2.64. The molecule has 1 saturated heterocycles. The molecule has 0 N–H and O–H groups in total. The molecule has 5 heteroatoms. The monoisotopic (exact) mass is 225 g/mol. The molecule has 1 aliphatic heterocycles. The van der Waals surface area contributed by atoms with E-state index in [4.69, 9.17) is 9.26 Å². The van der Waals surface area contributed by atoms with Gasteiger partial charge in [-0.05, 0) is 33.2 Å². The summed E-state index contributed by atoms with van der Waals surface area (Å²) in [6.45, 7) is 6.70. The van der Waals surface area contributed by atoms with Crippen LogP contribution in [0.25, 0.3) is 0 Å². The SMILES string of the molecule is COC1(C)CCCN(Cc2nc(C)no2)C1. The van der Waals surface area contributed by atoms with Gasteiger partial charge in [-0.3, -0.25) is 4.90 Å². The fourth-order valence-corrected chi connectivity index (χ4v) is 2.20. The molecule has 0 amide bonds. The van der Waals surface area contributed by atoms with Crippen LogP contribution >= 0.6 is 0 Å². The van der Waals surface area contributed by atoms with Crippen LogP contribution in [0.2, 0.25) is 0 Å². The van der Waals surface area contributed by atoms with E-state index < -0.39 is 0 Å². The van der Waals surface area contributed by atoms with Crippen LogP contribution in [-0.4, -0.2) is 40.8 Å². The largest absolute Gasteiger partial charge is 0.377 e. The summed E-state index contributed by atoms with van der Waals surface area (Å²) in [5.74, 6) is 1.39. The fourth-order valence-electron chi connectivity index (χ4n) is 2.20. The minimum absolute atomic E-state index is 0.0344. The van der Waals surface area contributed by atoms with Crippen molar-refractivity contribution in [1.29, 1.82) is 0 Å². The molecule has 1 aliphatic rings. The molecule has 2 rings (SSSR count). The highest BCUT2D eigenvalue weighted by Crippen LogP contribution is 2.24. The highest BCUT2D eigenvalue weighted by atomic mass is 16.5. The Hall–Kier alpha value is -0.940. The van der Waals surface area contributed by atoms with Crippen LogP contribution < -0.4 is 0 Å². The van der Waals surface area contributed by atoms with Gasteiger partial charge in [-0.1, -0.05) is 5.16 Å². The Balaban J connectivity index is 1.95. The van der Waals surface area contributed by atoms with Gasteiger partial charge in [-0.15, -0.1) is 0 Å². The highest BCUT2D eigenvalue weighted by molar-refractivity contribution is 4.88. The topological polar surface area (TPSA) is 51.4 Å². The summed E-state index contributed by atoms with van der Waals surface area (Å²) in [5.41, 5.74) is -0.0344. The number of hydrogen-bond acceptors (Lipinski definition) is 5. The Morgan fingerprint density at radius 3 is 3.00 bits per heavy atom. The van der Waals surface area contributed by atoms with Gasteiger partial charge in [0.25, 0.3) is 0 Å². The summed E-state index contributed by atoms with van der Waals surface area (Å²) >= 11 is 0. The maximum Gasteiger partial charge on any atom is 0.240 e. The Kier molecular flexibility index (Phi) is 3.25. The van der Waals surface area contributed by atoms with Gasteiger partial charge in [0.1, 0.15) is 0 Å². The molecule has 1 unspecified atom stereocenters. The molecule has 1 aromatic heterocycles. The van der Waals surface area contributed by atoms with E-state index in [9.17, 15) is 0 Å². The van der Waals surface area contributed by atoms with Gasteiger partial charge in [-0.25, -0.2) is 0 Å². The summed E-state index contributed by atoms with van der Waals surface area (Å²) < 4.78 is 10.7. The lowest BCUT2D eigenvalue weighted by molar-refractivity contribution is -0.0544. The maximum absolute atomic E-state index is 5.54. The van der Waals surface area contributed by atoms with Gasteiger partial charge in [0.15, 0.2) is 5.82 Å². The van der Waals surface area contributed by atoms with Crippen LogP contribution in [0.1, 0.15) is 31.5 Å². The number of aromatic nitrogens is 2. The zero-order valence-electron chi connectivity index (χ0n) is 10.2. The molecule has 90 valence electrons. The first kappa shape index (κ1) is 11.5. The summed E-state index contributed by atoms with van der Waals surface area (Å²) in [4.78, 5) is 6.52. The quantitative estimate of drug-likeness (QED) is 0.777. The summed E-state index contributed by atoms with van der Waals surface area (Å²) in [6.07, 6.45) is 2.26. The third-order valence-corrected chi connectivity index (χ3v) is 3.16. The molecular formula is C11H19N3O2. The van der Waals surface area contributed by atoms with E-state index in [0.29, 0.717) is 11.7 Å². The highest BCUT2D eigenvalue weighted by Gasteiger charge is 2.31. The van der Waals surface area contributed by atoms with Crippen LogP contribution in [0.3, 0.4) is 0 Å². The van der Waals surface area contributed by atoms with Crippen LogP contribution in [-0.2, 0) is 11.3 Å². The Morgan fingerprint density at radius 1 is 1.56 bits per heavy atom. The minimum Gasteiger partial charge on any atom is -0.377 e. The Morgan fingerprint density at radius 2 is 2.38 bits per heavy atom. The molecule has 1 fully saturated rings. The van der Waals surface area contributed by atoms with Crippen LogP contribution in [0.4, 0.5) is 0 Å². The molecule has 16 heavy (non-hydrogen) atoms. The van der Waals surface area contributed by atoms with Crippen LogP contribution in [0, 0.1) is 6.92 Å². The van der Waals surface area contributed by atoms with Crippen molar-refractivity contribution in [3.05, 3.63) is 11.7 Å². The van der Waals surface area contributed by atoms with Crippen molar-refractivity contribution in [1.82, 2.24) is 15.0 Å². The minimum atomic E-state index is -0.0344. The summed E-state index contributed by atoms with van der Waals surface area (Å²) in [5, 5.41) is 3.79. The van der Waals surface area contributed by atoms with E-state index in [-0.39, 0.29) is 5.60 Å². The van der Waals surface area contributed by atoms with E-state index in [1.165, 1.54) is 0 Å². The van der Waals surface area contributed by atoms with Crippen LogP contribution in [0.5, 0.6) is 0 Å². The predicted octanol–water partition coefficient (Wildman–Crippen LogP) is 1.38. The number of aryl methyl sites for hydroxylation is 1. The predicted molar refractivity (Wildman–Crippen MR) is 59.0 cm³/mol. The van der Waals surface area contributed by atoms with Crippen molar-refractivity contribution >= 4 is 0 Å². The molecule has 5 nitrogen and oxygen atoms in total. The van der Waals surface area contributed by atoms with Crippen molar-refractivity contribution in [2.45, 2.75) is 38.8 Å². The van der Waals surface area contributed by atoms with Crippen molar-refractivity contribution in [2.75, 3.05) is 20.2 Å². The molecule has 0 radical (unpaired) electrons. The molecule has 0 bridgehead atoms. The first-order valence-electron chi connectivity index (χ1n) is 5.68. The zero-order chi connectivity index (χ0) is 11.6. The molecule has 0 aliphatic carbocycles. The molecule has 0 spiro atoms. The number of likely N-dealkylation sites (tertiary alicyclic amines) is 1. The van der Waals surface area contributed by atoms with E-state index >= 15 is 0 Å². The fraction of sp³-hybridized carbons (Fsp3) is 0.818. The van der Waals surface area contributed by atoms with E-state index in [2.05, 4.69) is 22.0 Å². The lowest BCUT2D eigenvalue weighted by atomic mass is 9.95. The second kappa shape index (κ2) is 4.51. The lowest BCUT2D eigenvalue weighted by Crippen LogP contribution is -2.46. The van der Waals surface area contributed by atoms with Crippen LogP contribution in [0.15, 0.2) is 4.52 Å². The van der Waals surface area contributed by atoms with Crippen molar-refractivity contribution in [2.24, 2.45) is 0 Å². The first-order valence-corrected chi connectivity index (χ1v) is 5.68. The van der Waals surface area contributed by atoms with E-state index in [0.717, 1.165) is 32.5 Å². The molecule has 1 atom stereocenters. The van der Waals surface area contributed by atoms with Crippen molar-refractivity contribution in [3.8, 4) is 0 Å². The van der Waals surface area contributed by atoms with Gasteiger partial charge < -0.3 is 9.26 Å². The standard InChI is InChI=1S/C11H19N3O2/c1-9-12-10(16-13-9)7-14-6-4-5-11(2,8-14)15-3/h4-8H2,1-3H3. The van der Waals surface area contributed by atoms with Gasteiger partial charge in [0.2, 0.25) is 5.89 Å². The van der Waals surface area contributed by atoms with Gasteiger partial charge in [-0.2, -0.15) is 4.98 Å². The normalized spacial score (nSPS) is 27.2. The number of piperidine rings is 1. The molecule has 1 aromatic rings. The second-order valence-corrected chi connectivity index (χ2v) is 4.70. The number of ether oxygens (including phenoxy) is 1. The van der Waals surface area contributed by atoms with Gasteiger partial charge in [0, 0.05) is 13.7 Å². The number of methoxy groups -OCH3 is 1. The summed E-state index contributed by atoms with van der Waals surface area (Å²) in [7, 11) is 1.78. The molecule has 0 saturated carbocycles. The molecule has 2 heterocycles. The first-order chi connectivity index (χ1) is 7.61. The number of rotatable bonds is 3. The smallest absolute Gasteiger partial charge is 0.240 e. The second-order valence-electron chi connectivity index (χ2n) is 4.70. The van der Waals surface area contributed by atoms with Crippen molar-refractivity contribution in [3.63, 3.8) is 0 Å². The van der Waals surface area contributed by atoms with E-state index in [1.54, 1.807) is 7.11 Å². The Labute approximate surface area is 95.8 Å². The number of nitrogens with zero attached hydrogens (tertiary/aromatic N) is 3. The zero-order valence-corrected chi connectivity index (χ0v) is 10.2. The number of hydrogen-bond donors (Lipinski definition) is 0. The van der Waals surface area contributed by atoms with Crippen molar-refractivity contribution < 1.29 is 9.26 Å². The average molecular weight is 225 g/mol. The maximum atomic E-state index is 5.54. The van der Waals surface area contributed by atoms with E-state index in [1.807, 2.05) is 6.92 Å². The van der Waals surface area contributed by atoms with Gasteiger partial charge >= 0.3 is 0 Å². The third-order valence-electron chi connectivity index (χ3n) is 3.16. The molecular weight excluding hydrogens is 206 g/mol. The van der Waals surface area contributed by atoms with Gasteiger partial charge in [0.05, 0.1) is 12.1 Å². The lowest BCUT2D eigenvalue weighted by Gasteiger charge is -2.38. The third kappa shape index (κ3) is 2.59.